The van der Waals surface area contributed by atoms with E-state index in [9.17, 15) is 4.39 Å². The molecule has 3 atom stereocenters. The summed E-state index contributed by atoms with van der Waals surface area (Å²) in [4.78, 5) is 2.02. The van der Waals surface area contributed by atoms with Gasteiger partial charge >= 0.3 is 0 Å². The standard InChI is InChI=1S/C14H21FN2/c1-9-7-11(9)8-17(3)14-12(10(2)16)5-4-6-13(14)15/h4-6,9-11H,7-8,16H2,1-3H3/t9?,10-,11?/m1/s1. The first-order valence-corrected chi connectivity index (χ1v) is 6.25. The van der Waals surface area contributed by atoms with Crippen molar-refractivity contribution in [2.75, 3.05) is 18.5 Å². The number of hydrogen-bond donors (Lipinski definition) is 1. The number of nitrogens with zero attached hydrogens (tertiary/aromatic N) is 1. The van der Waals surface area contributed by atoms with Gasteiger partial charge in [-0.25, -0.2) is 4.39 Å². The summed E-state index contributed by atoms with van der Waals surface area (Å²) in [5.41, 5.74) is 7.46. The fourth-order valence-electron chi connectivity index (χ4n) is 2.40. The average molecular weight is 236 g/mol. The predicted molar refractivity (Wildman–Crippen MR) is 69.5 cm³/mol. The summed E-state index contributed by atoms with van der Waals surface area (Å²) < 4.78 is 13.9. The molecule has 2 rings (SSSR count). The van der Waals surface area contributed by atoms with E-state index in [1.807, 2.05) is 24.9 Å². The van der Waals surface area contributed by atoms with Crippen LogP contribution in [0.1, 0.15) is 31.9 Å². The van der Waals surface area contributed by atoms with Gasteiger partial charge in [0.25, 0.3) is 0 Å². The van der Waals surface area contributed by atoms with E-state index in [1.54, 1.807) is 6.07 Å². The quantitative estimate of drug-likeness (QED) is 0.871. The van der Waals surface area contributed by atoms with Gasteiger partial charge in [-0.3, -0.25) is 0 Å². The van der Waals surface area contributed by atoms with E-state index in [1.165, 1.54) is 12.5 Å². The maximum absolute atomic E-state index is 13.9. The summed E-state index contributed by atoms with van der Waals surface area (Å²) in [5.74, 6) is 1.32. The lowest BCUT2D eigenvalue weighted by atomic mass is 10.1. The summed E-state index contributed by atoms with van der Waals surface area (Å²) in [6.07, 6.45) is 1.26. The van der Waals surface area contributed by atoms with Gasteiger partial charge in [-0.1, -0.05) is 19.1 Å². The van der Waals surface area contributed by atoms with Gasteiger partial charge in [-0.2, -0.15) is 0 Å². The first kappa shape index (κ1) is 12.4. The zero-order valence-electron chi connectivity index (χ0n) is 10.8. The molecule has 0 aromatic heterocycles. The van der Waals surface area contributed by atoms with Gasteiger partial charge in [0, 0.05) is 19.6 Å². The smallest absolute Gasteiger partial charge is 0.146 e. The molecule has 1 aromatic rings. The molecule has 0 bridgehead atoms. The zero-order valence-corrected chi connectivity index (χ0v) is 10.8. The van der Waals surface area contributed by atoms with Crippen molar-refractivity contribution in [3.8, 4) is 0 Å². The number of hydrogen-bond acceptors (Lipinski definition) is 2. The van der Waals surface area contributed by atoms with Crippen LogP contribution in [0.3, 0.4) is 0 Å². The maximum Gasteiger partial charge on any atom is 0.146 e. The predicted octanol–water partition coefficient (Wildman–Crippen LogP) is 2.94. The Kier molecular flexibility index (Phi) is 3.38. The Balaban J connectivity index is 2.23. The Morgan fingerprint density at radius 2 is 2.18 bits per heavy atom. The summed E-state index contributed by atoms with van der Waals surface area (Å²) in [6.45, 7) is 5.06. The SMILES string of the molecule is CC1CC1CN(C)c1c(F)cccc1[C@@H](C)N. The second-order valence-corrected chi connectivity index (χ2v) is 5.32. The molecule has 2 unspecified atom stereocenters. The largest absolute Gasteiger partial charge is 0.372 e. The lowest BCUT2D eigenvalue weighted by Crippen LogP contribution is -2.24. The van der Waals surface area contributed by atoms with Crippen LogP contribution in [0.15, 0.2) is 18.2 Å². The van der Waals surface area contributed by atoms with E-state index >= 15 is 0 Å². The highest BCUT2D eigenvalue weighted by atomic mass is 19.1. The second kappa shape index (κ2) is 4.65. The molecular formula is C14H21FN2. The number of nitrogens with two attached hydrogens (primary N) is 1. The lowest BCUT2D eigenvalue weighted by molar-refractivity contribution is 0.610. The van der Waals surface area contributed by atoms with Crippen molar-refractivity contribution in [2.45, 2.75) is 26.3 Å². The van der Waals surface area contributed by atoms with Crippen molar-refractivity contribution < 1.29 is 4.39 Å². The third kappa shape index (κ3) is 2.60. The fraction of sp³-hybridized carbons (Fsp3) is 0.571. The minimum absolute atomic E-state index is 0.139. The van der Waals surface area contributed by atoms with Crippen LogP contribution in [-0.2, 0) is 0 Å². The number of rotatable bonds is 4. The maximum atomic E-state index is 13.9. The summed E-state index contributed by atoms with van der Waals surface area (Å²) in [7, 11) is 1.95. The first-order chi connectivity index (χ1) is 8.00. The first-order valence-electron chi connectivity index (χ1n) is 6.25. The van der Waals surface area contributed by atoms with Crippen molar-refractivity contribution >= 4 is 5.69 Å². The Bertz CT molecular complexity index is 403. The van der Waals surface area contributed by atoms with Gasteiger partial charge in [0.05, 0.1) is 5.69 Å². The zero-order chi connectivity index (χ0) is 12.6. The van der Waals surface area contributed by atoms with E-state index in [0.717, 1.165) is 18.0 Å². The van der Waals surface area contributed by atoms with Gasteiger partial charge in [-0.15, -0.1) is 0 Å². The second-order valence-electron chi connectivity index (χ2n) is 5.32. The topological polar surface area (TPSA) is 29.3 Å². The highest BCUT2D eigenvalue weighted by molar-refractivity contribution is 5.55. The molecule has 0 aliphatic heterocycles. The van der Waals surface area contributed by atoms with Crippen LogP contribution in [0.25, 0.3) is 0 Å². The van der Waals surface area contributed by atoms with Crippen molar-refractivity contribution in [1.82, 2.24) is 0 Å². The fourth-order valence-corrected chi connectivity index (χ4v) is 2.40. The molecule has 1 saturated carbocycles. The summed E-state index contributed by atoms with van der Waals surface area (Å²) in [5, 5.41) is 0. The third-order valence-corrected chi connectivity index (χ3v) is 3.67. The molecule has 0 heterocycles. The lowest BCUT2D eigenvalue weighted by Gasteiger charge is -2.24. The normalized spacial score (nSPS) is 24.5. The summed E-state index contributed by atoms with van der Waals surface area (Å²) >= 11 is 0. The van der Waals surface area contributed by atoms with Crippen molar-refractivity contribution in [1.29, 1.82) is 0 Å². The van der Waals surface area contributed by atoms with Gasteiger partial charge in [0.1, 0.15) is 5.82 Å². The van der Waals surface area contributed by atoms with Crippen molar-refractivity contribution in [2.24, 2.45) is 17.6 Å². The highest BCUT2D eigenvalue weighted by Gasteiger charge is 2.34. The third-order valence-electron chi connectivity index (χ3n) is 3.67. The van der Waals surface area contributed by atoms with E-state index in [-0.39, 0.29) is 11.9 Å². The van der Waals surface area contributed by atoms with Gasteiger partial charge in [-0.05, 0) is 36.8 Å². The minimum Gasteiger partial charge on any atom is -0.372 e. The van der Waals surface area contributed by atoms with Crippen LogP contribution in [0.5, 0.6) is 0 Å². The number of anilines is 1. The molecule has 2 nitrogen and oxygen atoms in total. The molecule has 1 aromatic carbocycles. The number of benzene rings is 1. The number of para-hydroxylation sites is 1. The van der Waals surface area contributed by atoms with Crippen LogP contribution in [0.2, 0.25) is 0 Å². The molecule has 0 radical (unpaired) electrons. The molecule has 0 amide bonds. The Labute approximate surface area is 103 Å². The van der Waals surface area contributed by atoms with Crippen molar-refractivity contribution in [3.63, 3.8) is 0 Å². The Morgan fingerprint density at radius 1 is 1.53 bits per heavy atom. The highest BCUT2D eigenvalue weighted by Crippen LogP contribution is 2.39. The molecular weight excluding hydrogens is 215 g/mol. The summed E-state index contributed by atoms with van der Waals surface area (Å²) in [6, 6.07) is 5.01. The molecule has 94 valence electrons. The molecule has 0 spiro atoms. The molecule has 1 aliphatic rings. The van der Waals surface area contributed by atoms with Crippen molar-refractivity contribution in [3.05, 3.63) is 29.6 Å². The number of halogens is 1. The molecule has 2 N–H and O–H groups in total. The molecule has 17 heavy (non-hydrogen) atoms. The van der Waals surface area contributed by atoms with Crippen LogP contribution >= 0.6 is 0 Å². The van der Waals surface area contributed by atoms with Gasteiger partial charge in [0.15, 0.2) is 0 Å². The van der Waals surface area contributed by atoms with E-state index in [0.29, 0.717) is 11.6 Å². The van der Waals surface area contributed by atoms with E-state index < -0.39 is 0 Å². The Morgan fingerprint density at radius 3 is 2.71 bits per heavy atom. The van der Waals surface area contributed by atoms with Crippen LogP contribution < -0.4 is 10.6 Å². The molecule has 1 fully saturated rings. The van der Waals surface area contributed by atoms with Gasteiger partial charge < -0.3 is 10.6 Å². The Hall–Kier alpha value is -1.09. The van der Waals surface area contributed by atoms with E-state index in [2.05, 4.69) is 6.92 Å². The molecule has 0 saturated heterocycles. The van der Waals surface area contributed by atoms with Crippen LogP contribution in [0.4, 0.5) is 10.1 Å². The molecule has 3 heteroatoms. The van der Waals surface area contributed by atoms with Crippen LogP contribution in [-0.4, -0.2) is 13.6 Å². The monoisotopic (exact) mass is 236 g/mol. The van der Waals surface area contributed by atoms with E-state index in [4.69, 9.17) is 5.73 Å². The van der Waals surface area contributed by atoms with Gasteiger partial charge in [0.2, 0.25) is 0 Å². The van der Waals surface area contributed by atoms with Crippen LogP contribution in [0, 0.1) is 17.7 Å². The average Bonchev–Trinajstić information content (AvgIpc) is 2.93. The minimum atomic E-state index is -0.171. The molecule has 1 aliphatic carbocycles.